The summed E-state index contributed by atoms with van der Waals surface area (Å²) in [6.45, 7) is 20.0. The van der Waals surface area contributed by atoms with Crippen molar-refractivity contribution in [2.24, 2.45) is 0 Å². The summed E-state index contributed by atoms with van der Waals surface area (Å²) in [5.74, 6) is -1.80. The summed E-state index contributed by atoms with van der Waals surface area (Å²) in [4.78, 5) is 12.1. The van der Waals surface area contributed by atoms with E-state index in [1.807, 2.05) is 81.7 Å². The molecule has 0 radical (unpaired) electrons. The Hall–Kier alpha value is -5.26. The van der Waals surface area contributed by atoms with Crippen LogP contribution in [0.4, 0.5) is 52.7 Å². The van der Waals surface area contributed by atoms with Gasteiger partial charge in [0, 0.05) is 38.4 Å². The Labute approximate surface area is 726 Å². The number of halogens is 17. The van der Waals surface area contributed by atoms with Crippen molar-refractivity contribution in [3.8, 4) is 17.2 Å². The van der Waals surface area contributed by atoms with Crippen LogP contribution in [0.5, 0.6) is 17.2 Å². The zero-order chi connectivity index (χ0) is 91.1. The number of aryl methyl sites for hydroxylation is 1. The Morgan fingerprint density at radius 1 is 0.542 bits per heavy atom. The molecule has 0 saturated carbocycles. The van der Waals surface area contributed by atoms with Crippen LogP contribution in [-0.2, 0) is 71.6 Å². The number of aliphatic hydroxyl groups excluding tert-OH is 6. The minimum absolute atomic E-state index is 0.0702. The Kier molecular flexibility index (Phi) is 41.3. The summed E-state index contributed by atoms with van der Waals surface area (Å²) in [5.41, 5.74) is 4.92. The molecule has 0 aromatic heterocycles. The normalized spacial score (nSPS) is 20.6. The van der Waals surface area contributed by atoms with Gasteiger partial charge in [-0.25, -0.2) is 4.79 Å². The molecule has 3 fully saturated rings. The van der Waals surface area contributed by atoms with Crippen molar-refractivity contribution in [3.63, 3.8) is 0 Å². The van der Waals surface area contributed by atoms with Gasteiger partial charge in [-0.1, -0.05) is 146 Å². The van der Waals surface area contributed by atoms with E-state index in [1.165, 1.54) is 48.5 Å². The summed E-state index contributed by atoms with van der Waals surface area (Å²) in [5, 5.41) is 70.1. The van der Waals surface area contributed by atoms with E-state index in [-0.39, 0.29) is 50.6 Å². The van der Waals surface area contributed by atoms with E-state index >= 15 is 0 Å². The van der Waals surface area contributed by atoms with E-state index in [0.717, 1.165) is 53.8 Å². The van der Waals surface area contributed by atoms with E-state index in [0.29, 0.717) is 27.6 Å². The second kappa shape index (κ2) is 46.3. The quantitative estimate of drug-likeness (QED) is 0.0144. The van der Waals surface area contributed by atoms with E-state index in [9.17, 15) is 96.5 Å². The van der Waals surface area contributed by atoms with Gasteiger partial charge in [-0.05, 0) is 216 Å². The van der Waals surface area contributed by atoms with E-state index < -0.39 is 153 Å². The molecule has 0 unspecified atom stereocenters. The molecule has 10 rings (SSSR count). The van der Waals surface area contributed by atoms with E-state index in [1.54, 1.807) is 67.6 Å². The van der Waals surface area contributed by atoms with Crippen molar-refractivity contribution >= 4 is 116 Å². The molecule has 670 valence electrons. The van der Waals surface area contributed by atoms with Crippen LogP contribution in [0.25, 0.3) is 0 Å². The van der Waals surface area contributed by atoms with Crippen LogP contribution in [0.1, 0.15) is 44.5 Å². The number of hydrogen-bond acceptors (Lipinski definition) is 19. The maximum atomic E-state index is 12.4. The molecule has 3 aliphatic heterocycles. The van der Waals surface area contributed by atoms with Gasteiger partial charge in [0.2, 0.25) is 5.79 Å². The maximum Gasteiger partial charge on any atom is 0.422 e. The lowest BCUT2D eigenvalue weighted by Crippen LogP contribution is -2.65. The molecule has 0 amide bonds. The van der Waals surface area contributed by atoms with Gasteiger partial charge in [-0.15, -0.1) is 0 Å². The van der Waals surface area contributed by atoms with Gasteiger partial charge in [0.1, 0.15) is 60.0 Å². The number of hydrogen-bond donors (Lipinski definition) is 7. The van der Waals surface area contributed by atoms with Crippen LogP contribution in [0.3, 0.4) is 0 Å². The summed E-state index contributed by atoms with van der Waals surface area (Å²) in [6, 6.07) is 41.1. The molecule has 120 heavy (non-hydrogen) atoms. The smallest absolute Gasteiger partial charge is 0.422 e. The van der Waals surface area contributed by atoms with Crippen molar-refractivity contribution in [2.45, 2.75) is 188 Å². The van der Waals surface area contributed by atoms with Gasteiger partial charge in [0.25, 0.3) is 10.1 Å². The van der Waals surface area contributed by atoms with Crippen LogP contribution < -0.4 is 9.47 Å². The van der Waals surface area contributed by atoms with Gasteiger partial charge in [0.15, 0.2) is 57.0 Å². The first-order chi connectivity index (χ1) is 55.1. The van der Waals surface area contributed by atoms with Crippen molar-refractivity contribution in [3.05, 3.63) is 220 Å². The largest absolute Gasteiger partial charge is 0.508 e. The number of phenols is 1. The zero-order valence-electron chi connectivity index (χ0n) is 67.5. The highest BCUT2D eigenvalue weighted by molar-refractivity contribution is 9.10. The fourth-order valence-electron chi connectivity index (χ4n) is 10.6. The molecule has 7 aromatic carbocycles. The minimum Gasteiger partial charge on any atom is -0.508 e. The second-order valence-electron chi connectivity index (χ2n) is 31.1. The first-order valence-electron chi connectivity index (χ1n) is 36.7. The Balaban J connectivity index is 0.000000313. The first kappa shape index (κ1) is 107. The number of esters is 1. The second-order valence-corrected chi connectivity index (χ2v) is 52.7. The van der Waals surface area contributed by atoms with Crippen molar-refractivity contribution in [1.82, 2.24) is 0 Å². The number of aliphatic hydroxyl groups is 6. The van der Waals surface area contributed by atoms with Crippen LogP contribution in [-0.4, -0.2) is 203 Å². The molecule has 3 heterocycles. The third-order valence-corrected chi connectivity index (χ3v) is 22.3. The molecule has 7 N–H and O–H groups in total. The van der Waals surface area contributed by atoms with Crippen LogP contribution in [0.15, 0.2) is 166 Å². The van der Waals surface area contributed by atoms with Gasteiger partial charge in [-0.2, -0.15) is 61.1 Å². The fraction of sp³-hybridized carbons (Fsp3) is 0.456. The number of aromatic hydroxyl groups is 1. The molecule has 2 bridgehead atoms. The van der Waals surface area contributed by atoms with Crippen molar-refractivity contribution in [1.29, 1.82) is 0 Å². The number of fused-ring (bicyclic) bond motifs is 2. The highest BCUT2D eigenvalue weighted by Gasteiger charge is 2.67. The van der Waals surface area contributed by atoms with E-state index in [4.69, 9.17) is 72.1 Å². The van der Waals surface area contributed by atoms with E-state index in [2.05, 4.69) is 80.1 Å². The van der Waals surface area contributed by atoms with Gasteiger partial charge >= 0.3 is 30.7 Å². The first-order valence-corrected chi connectivity index (χ1v) is 54.5. The monoisotopic (exact) mass is 1990 g/mol. The number of rotatable bonds is 22. The molecule has 0 spiro atoms. The number of cyclic esters (lactones) is 1. The lowest BCUT2D eigenvalue weighted by Gasteiger charge is -2.46. The molecule has 3 saturated heterocycles. The number of benzene rings is 7. The average molecular weight is 1990 g/mol. The van der Waals surface area contributed by atoms with Gasteiger partial charge in [-0.3, -0.25) is 4.18 Å². The molecular formula is C79H99Br2Cl3F12O19SSi4. The third kappa shape index (κ3) is 38.3. The summed E-state index contributed by atoms with van der Waals surface area (Å²) >= 11 is 25.3. The Bertz CT molecular complexity index is 4440. The fourth-order valence-corrected chi connectivity index (χ4v) is 15.7. The highest BCUT2D eigenvalue weighted by Crippen LogP contribution is 2.50. The topological polar surface area (TPSA) is 276 Å². The number of carbonyl (C=O) groups excluding carboxylic acids is 1. The van der Waals surface area contributed by atoms with Crippen LogP contribution in [0, 0.1) is 6.92 Å². The molecule has 19 nitrogen and oxygen atoms in total. The Morgan fingerprint density at radius 2 is 0.942 bits per heavy atom. The highest BCUT2D eigenvalue weighted by atomic mass is 79.9. The molecule has 7 aromatic rings. The number of ether oxygens (including phenoxy) is 5. The van der Waals surface area contributed by atoms with Gasteiger partial charge in [0.05, 0.1) is 24.7 Å². The SMILES string of the molecule is C[SiH](C)C.C[Si](C)(C)OC[C@H]1OC(=O)[C@H](O[Si](C)(C)C)[C@@H](O)[C@@H]1O[Si](C)(C)C.Cc1ccc(S(=O)(=O)OCC(F)(F)F)cc1.FC(F)(F)COc1ccc(Cc2cc(Br)ccc2Cl)cc1.OCC(F)(F)F.OC[C@]12CO[C@](c3ccc(Cl)c(Cc4ccc(OCC(F)(F)F)cc4)c3)(O1)[C@H](O)[C@@H](O)[C@@H]2O.Oc1ccc(Cc2cc(Br)ccc2Cl)cc1. The molecule has 0 aliphatic carbocycles. The minimum atomic E-state index is -4.67. The lowest BCUT2D eigenvalue weighted by atomic mass is 9.83. The zero-order valence-corrected chi connectivity index (χ0v) is 77.9. The third-order valence-electron chi connectivity index (χ3n) is 16.0. The molecule has 9 atom stereocenters. The van der Waals surface area contributed by atoms with Gasteiger partial charge < -0.3 is 72.7 Å². The number of alkyl halides is 12. The van der Waals surface area contributed by atoms with Crippen molar-refractivity contribution < 1.29 is 143 Å². The predicted molar refractivity (Wildman–Crippen MR) is 449 cm³/mol. The standard InChI is InChI=1S/C22H22ClF3O7.C15H11BrClF3O.C15H34O6Si3.C13H10BrClO.C9H9F3O3S.C3H10Si.C2H3F3O/c23-16-6-3-14(22-19(30)17(28)18(29)20(9-27,33-22)10-32-22)8-13(16)7-12-1-4-15(5-2-12)31-11-21(24,25)26;16-12-3-6-14(17)11(8-12)7-10-1-4-13(5-2-10)21-9-15(18,19)20;1-22(2,3)18-10-11-13(20-23(4,5)6)12(16)14(15(17)19-11)21-24(7,8)9;14-11-3-6-13(15)10(8-11)7-9-1-4-12(16)5-2-9;1-7-2-4-8(5-3-7)16(13,14)15-6-9(10,11)12;1-4(2)3;3-2(4,5)1-6/h1-6,8,17-19,27-30H,7,9-11H2;1-6,8H,7,9H2;11-14,16H,10H2,1-9H3;1-6,8,16H,7H2;2-5H,6H2,1H3;4H,1-3H3;6H,1H2/t17-,18-,19+,20+,22+;;11-,12+,13-,14-;;;;/m0.1..../s1. The van der Waals surface area contributed by atoms with Crippen LogP contribution in [0.2, 0.25) is 93.6 Å². The maximum absolute atomic E-state index is 12.4. The average Bonchev–Trinajstić information content (AvgIpc) is 1.55. The molecule has 41 heteroatoms. The molecular weight excluding hydrogens is 1890 g/mol. The van der Waals surface area contributed by atoms with Crippen LogP contribution >= 0.6 is 66.7 Å². The number of carbonyl (C=O) groups is 1. The lowest BCUT2D eigenvalue weighted by molar-refractivity contribution is -0.329. The predicted octanol–water partition coefficient (Wildman–Crippen LogP) is 18.4. The summed E-state index contributed by atoms with van der Waals surface area (Å²) in [7, 11) is -10.2. The van der Waals surface area contributed by atoms with Crippen molar-refractivity contribution in [2.75, 3.05) is 46.2 Å². The molecule has 3 aliphatic rings. The summed E-state index contributed by atoms with van der Waals surface area (Å²) in [6.07, 6.45) is -24.3. The number of phenolic OH excluding ortho intramolecular Hbond substituents is 1. The summed E-state index contributed by atoms with van der Waals surface area (Å²) < 4.78 is 213. The Morgan fingerprint density at radius 3 is 1.32 bits per heavy atom.